The van der Waals surface area contributed by atoms with Gasteiger partial charge in [-0.1, -0.05) is 12.2 Å². The number of aliphatic carboxylic acids is 1. The SMILES string of the molecule is CC(C)(C)OC(=O)C=CCCC=CC(=O)O. The van der Waals surface area contributed by atoms with E-state index in [0.29, 0.717) is 12.8 Å². The number of ether oxygens (including phenoxy) is 1. The Labute approximate surface area is 95.6 Å². The Morgan fingerprint density at radius 1 is 1.12 bits per heavy atom. The lowest BCUT2D eigenvalue weighted by Gasteiger charge is -2.17. The number of carboxylic acid groups (broad SMARTS) is 1. The number of unbranched alkanes of at least 4 members (excludes halogenated alkanes) is 1. The van der Waals surface area contributed by atoms with Gasteiger partial charge < -0.3 is 9.84 Å². The van der Waals surface area contributed by atoms with Crippen LogP contribution in [0.4, 0.5) is 0 Å². The summed E-state index contributed by atoms with van der Waals surface area (Å²) in [7, 11) is 0. The minimum absolute atomic E-state index is 0.380. The van der Waals surface area contributed by atoms with Crippen molar-refractivity contribution in [2.24, 2.45) is 0 Å². The van der Waals surface area contributed by atoms with Crippen molar-refractivity contribution in [2.75, 3.05) is 0 Å². The molecule has 0 saturated carbocycles. The maximum Gasteiger partial charge on any atom is 0.330 e. The molecule has 4 nitrogen and oxygen atoms in total. The van der Waals surface area contributed by atoms with Gasteiger partial charge in [-0.2, -0.15) is 0 Å². The van der Waals surface area contributed by atoms with Gasteiger partial charge in [0.05, 0.1) is 0 Å². The molecule has 0 aliphatic heterocycles. The Hall–Kier alpha value is -1.58. The number of rotatable bonds is 5. The van der Waals surface area contributed by atoms with Crippen molar-refractivity contribution in [3.63, 3.8) is 0 Å². The van der Waals surface area contributed by atoms with Crippen LogP contribution in [-0.2, 0) is 14.3 Å². The van der Waals surface area contributed by atoms with Gasteiger partial charge in [0.25, 0.3) is 0 Å². The number of esters is 1. The number of allylic oxidation sites excluding steroid dienone is 2. The van der Waals surface area contributed by atoms with E-state index in [4.69, 9.17) is 9.84 Å². The van der Waals surface area contributed by atoms with Gasteiger partial charge in [0.15, 0.2) is 0 Å². The predicted molar refractivity (Wildman–Crippen MR) is 61.0 cm³/mol. The summed E-state index contributed by atoms with van der Waals surface area (Å²) in [5.41, 5.74) is -0.482. The summed E-state index contributed by atoms with van der Waals surface area (Å²) in [6, 6.07) is 0. The first-order chi connectivity index (χ1) is 7.31. The van der Waals surface area contributed by atoms with Gasteiger partial charge in [-0.05, 0) is 33.6 Å². The molecule has 0 bridgehead atoms. The lowest BCUT2D eigenvalue weighted by atomic mass is 10.2. The summed E-state index contributed by atoms with van der Waals surface area (Å²) < 4.78 is 5.04. The molecule has 16 heavy (non-hydrogen) atoms. The molecule has 0 fully saturated rings. The Morgan fingerprint density at radius 2 is 1.62 bits per heavy atom. The predicted octanol–water partition coefficient (Wildman–Crippen LogP) is 2.31. The van der Waals surface area contributed by atoms with Crippen LogP contribution < -0.4 is 0 Å². The van der Waals surface area contributed by atoms with E-state index in [0.717, 1.165) is 6.08 Å². The molecule has 0 rings (SSSR count). The Bertz CT molecular complexity index is 295. The van der Waals surface area contributed by atoms with E-state index >= 15 is 0 Å². The molecular formula is C12H18O4. The first-order valence-corrected chi connectivity index (χ1v) is 5.10. The number of carbonyl (C=O) groups excluding carboxylic acids is 1. The second-order valence-electron chi connectivity index (χ2n) is 4.25. The lowest BCUT2D eigenvalue weighted by Crippen LogP contribution is -2.22. The average Bonchev–Trinajstić information content (AvgIpc) is 2.07. The fourth-order valence-electron chi connectivity index (χ4n) is 0.892. The molecule has 0 spiro atoms. The number of carbonyl (C=O) groups is 2. The first kappa shape index (κ1) is 14.4. The zero-order valence-electron chi connectivity index (χ0n) is 9.90. The summed E-state index contributed by atoms with van der Waals surface area (Å²) >= 11 is 0. The Kier molecular flexibility index (Phi) is 6.15. The molecular weight excluding hydrogens is 208 g/mol. The highest BCUT2D eigenvalue weighted by Gasteiger charge is 2.13. The summed E-state index contributed by atoms with van der Waals surface area (Å²) in [5.74, 6) is -1.34. The maximum atomic E-state index is 11.2. The van der Waals surface area contributed by atoms with Crippen LogP contribution in [0.2, 0.25) is 0 Å². The van der Waals surface area contributed by atoms with Crippen LogP contribution >= 0.6 is 0 Å². The van der Waals surface area contributed by atoms with Crippen LogP contribution in [0, 0.1) is 0 Å². The van der Waals surface area contributed by atoms with Crippen LogP contribution in [0.15, 0.2) is 24.3 Å². The van der Waals surface area contributed by atoms with Crippen LogP contribution in [-0.4, -0.2) is 22.6 Å². The first-order valence-electron chi connectivity index (χ1n) is 5.10. The standard InChI is InChI=1S/C12H18O4/c1-12(2,3)16-11(15)9-7-5-4-6-8-10(13)14/h6-9H,4-5H2,1-3H3,(H,13,14). The zero-order valence-corrected chi connectivity index (χ0v) is 9.90. The Balaban J connectivity index is 3.77. The van der Waals surface area contributed by atoms with Crippen LogP contribution in [0.1, 0.15) is 33.6 Å². The third kappa shape index (κ3) is 10.5. The fourth-order valence-corrected chi connectivity index (χ4v) is 0.892. The second-order valence-corrected chi connectivity index (χ2v) is 4.25. The second kappa shape index (κ2) is 6.82. The average molecular weight is 226 g/mol. The number of hydrogen-bond donors (Lipinski definition) is 1. The maximum absolute atomic E-state index is 11.2. The minimum Gasteiger partial charge on any atom is -0.478 e. The molecule has 0 aromatic carbocycles. The molecule has 0 aromatic rings. The summed E-state index contributed by atoms with van der Waals surface area (Å²) in [5, 5.41) is 8.31. The van der Waals surface area contributed by atoms with E-state index in [1.807, 2.05) is 0 Å². The molecule has 0 radical (unpaired) electrons. The van der Waals surface area contributed by atoms with Crippen molar-refractivity contribution in [3.8, 4) is 0 Å². The highest BCUT2D eigenvalue weighted by Crippen LogP contribution is 2.07. The van der Waals surface area contributed by atoms with Crippen molar-refractivity contribution < 1.29 is 19.4 Å². The van der Waals surface area contributed by atoms with Crippen molar-refractivity contribution in [1.82, 2.24) is 0 Å². The molecule has 0 aliphatic carbocycles. The molecule has 0 saturated heterocycles. The highest BCUT2D eigenvalue weighted by atomic mass is 16.6. The minimum atomic E-state index is -0.962. The lowest BCUT2D eigenvalue weighted by molar-refractivity contribution is -0.148. The topological polar surface area (TPSA) is 63.6 Å². The monoisotopic (exact) mass is 226 g/mol. The van der Waals surface area contributed by atoms with Crippen LogP contribution in [0.25, 0.3) is 0 Å². The van der Waals surface area contributed by atoms with E-state index in [1.54, 1.807) is 32.9 Å². The van der Waals surface area contributed by atoms with Gasteiger partial charge in [-0.15, -0.1) is 0 Å². The third-order valence-corrected chi connectivity index (χ3v) is 1.42. The molecule has 0 unspecified atom stereocenters. The van der Waals surface area contributed by atoms with E-state index in [9.17, 15) is 9.59 Å². The molecule has 90 valence electrons. The van der Waals surface area contributed by atoms with Crippen LogP contribution in [0.5, 0.6) is 0 Å². The van der Waals surface area contributed by atoms with E-state index in [2.05, 4.69) is 0 Å². The van der Waals surface area contributed by atoms with Crippen LogP contribution in [0.3, 0.4) is 0 Å². The molecule has 0 aliphatic rings. The summed E-state index contributed by atoms with van der Waals surface area (Å²) in [6.45, 7) is 5.40. The Morgan fingerprint density at radius 3 is 2.06 bits per heavy atom. The highest BCUT2D eigenvalue weighted by molar-refractivity contribution is 5.82. The zero-order chi connectivity index (χ0) is 12.6. The third-order valence-electron chi connectivity index (χ3n) is 1.42. The smallest absolute Gasteiger partial charge is 0.330 e. The quantitative estimate of drug-likeness (QED) is 0.444. The van der Waals surface area contributed by atoms with Crippen molar-refractivity contribution >= 4 is 11.9 Å². The van der Waals surface area contributed by atoms with Gasteiger partial charge in [0, 0.05) is 12.2 Å². The van der Waals surface area contributed by atoms with Gasteiger partial charge in [0.1, 0.15) is 5.60 Å². The summed E-state index contributed by atoms with van der Waals surface area (Å²) in [6.07, 6.45) is 6.86. The molecule has 1 N–H and O–H groups in total. The molecule has 0 atom stereocenters. The van der Waals surface area contributed by atoms with Crippen molar-refractivity contribution in [2.45, 2.75) is 39.2 Å². The number of carboxylic acids is 1. The normalized spacial score (nSPS) is 12.2. The van der Waals surface area contributed by atoms with E-state index in [-0.39, 0.29) is 5.97 Å². The van der Waals surface area contributed by atoms with Gasteiger partial charge in [-0.25, -0.2) is 9.59 Å². The van der Waals surface area contributed by atoms with Gasteiger partial charge >= 0.3 is 11.9 Å². The molecule has 4 heteroatoms. The molecule has 0 aromatic heterocycles. The van der Waals surface area contributed by atoms with Crippen molar-refractivity contribution in [1.29, 1.82) is 0 Å². The summed E-state index contributed by atoms with van der Waals surface area (Å²) in [4.78, 5) is 21.3. The molecule has 0 amide bonds. The van der Waals surface area contributed by atoms with E-state index < -0.39 is 11.6 Å². The molecule has 0 heterocycles. The van der Waals surface area contributed by atoms with Gasteiger partial charge in [-0.3, -0.25) is 0 Å². The fraction of sp³-hybridized carbons (Fsp3) is 0.500. The number of hydrogen-bond acceptors (Lipinski definition) is 3. The van der Waals surface area contributed by atoms with E-state index in [1.165, 1.54) is 6.08 Å². The van der Waals surface area contributed by atoms with Gasteiger partial charge in [0.2, 0.25) is 0 Å². The largest absolute Gasteiger partial charge is 0.478 e. The van der Waals surface area contributed by atoms with Crippen molar-refractivity contribution in [3.05, 3.63) is 24.3 Å².